The van der Waals surface area contributed by atoms with Crippen molar-refractivity contribution < 1.29 is 17.9 Å². The van der Waals surface area contributed by atoms with Crippen molar-refractivity contribution in [3.8, 4) is 5.75 Å². The van der Waals surface area contributed by atoms with Crippen LogP contribution in [-0.2, 0) is 14.6 Å². The molecule has 1 N–H and O–H groups in total. The Labute approximate surface area is 150 Å². The molecule has 0 saturated carbocycles. The molecule has 1 amide bonds. The summed E-state index contributed by atoms with van der Waals surface area (Å²) in [6.45, 7) is 4.15. The van der Waals surface area contributed by atoms with Crippen LogP contribution in [0.1, 0.15) is 26.2 Å². The number of sulfone groups is 1. The first-order valence-corrected chi connectivity index (χ1v) is 10.6. The molecule has 1 heterocycles. The van der Waals surface area contributed by atoms with Gasteiger partial charge in [-0.1, -0.05) is 0 Å². The van der Waals surface area contributed by atoms with E-state index < -0.39 is 9.84 Å². The lowest BCUT2D eigenvalue weighted by atomic mass is 9.92. The zero-order chi connectivity index (χ0) is 18.4. The Kier molecular flexibility index (Phi) is 6.84. The number of benzene rings is 1. The van der Waals surface area contributed by atoms with Gasteiger partial charge in [-0.3, -0.25) is 4.79 Å². The summed E-state index contributed by atoms with van der Waals surface area (Å²) in [5.74, 6) is 0.963. The minimum absolute atomic E-state index is 0.116. The molecule has 1 saturated heterocycles. The fraction of sp³-hybridized carbons (Fsp3) is 0.611. The Hall–Kier alpha value is -1.60. The third-order valence-corrected chi connectivity index (χ3v) is 5.64. The summed E-state index contributed by atoms with van der Waals surface area (Å²) in [4.78, 5) is 14.5. The highest BCUT2D eigenvalue weighted by molar-refractivity contribution is 7.90. The van der Waals surface area contributed by atoms with Crippen LogP contribution in [0.3, 0.4) is 0 Å². The lowest BCUT2D eigenvalue weighted by Gasteiger charge is -2.30. The summed E-state index contributed by atoms with van der Waals surface area (Å²) >= 11 is 0. The van der Waals surface area contributed by atoms with Gasteiger partial charge >= 0.3 is 0 Å². The molecule has 0 bridgehead atoms. The number of carbonyl (C=O) groups is 1. The van der Waals surface area contributed by atoms with E-state index in [1.165, 1.54) is 6.26 Å². The van der Waals surface area contributed by atoms with Crippen LogP contribution in [0.15, 0.2) is 29.2 Å². The summed E-state index contributed by atoms with van der Waals surface area (Å²) in [6, 6.07) is 6.79. The van der Waals surface area contributed by atoms with Crippen LogP contribution < -0.4 is 10.1 Å². The highest BCUT2D eigenvalue weighted by Crippen LogP contribution is 2.19. The van der Waals surface area contributed by atoms with Crippen molar-refractivity contribution in [1.29, 1.82) is 0 Å². The molecular formula is C18H28N2O4S. The molecule has 1 aliphatic rings. The normalized spacial score (nSPS) is 20.9. The third-order valence-electron chi connectivity index (χ3n) is 4.51. The molecule has 0 radical (unpaired) electrons. The van der Waals surface area contributed by atoms with Crippen molar-refractivity contribution in [2.75, 3.05) is 33.0 Å². The molecule has 7 heteroatoms. The number of nitrogens with one attached hydrogen (secondary N) is 1. The Morgan fingerprint density at radius 2 is 2.00 bits per heavy atom. The Morgan fingerprint density at radius 3 is 2.60 bits per heavy atom. The first-order chi connectivity index (χ1) is 11.8. The Bertz CT molecular complexity index is 673. The number of hydrogen-bond donors (Lipinski definition) is 1. The maximum atomic E-state index is 12.4. The number of ether oxygens (including phenoxy) is 1. The van der Waals surface area contributed by atoms with E-state index in [-0.39, 0.29) is 16.7 Å². The predicted octanol–water partition coefficient (Wildman–Crippen LogP) is 1.71. The van der Waals surface area contributed by atoms with Crippen LogP contribution in [0.5, 0.6) is 5.75 Å². The molecular weight excluding hydrogens is 340 g/mol. The molecule has 1 aromatic carbocycles. The van der Waals surface area contributed by atoms with Gasteiger partial charge in [0.1, 0.15) is 5.75 Å². The van der Waals surface area contributed by atoms with E-state index in [1.54, 1.807) is 29.2 Å². The molecule has 0 unspecified atom stereocenters. The summed E-state index contributed by atoms with van der Waals surface area (Å²) in [5, 5.41) is 3.36. The molecule has 0 aliphatic carbocycles. The summed E-state index contributed by atoms with van der Waals surface area (Å²) in [5.41, 5.74) is 0. The summed E-state index contributed by atoms with van der Waals surface area (Å²) < 4.78 is 28.4. The summed E-state index contributed by atoms with van der Waals surface area (Å²) in [6.07, 6.45) is 3.71. The molecule has 2 rings (SSSR count). The van der Waals surface area contributed by atoms with E-state index in [0.29, 0.717) is 24.9 Å². The zero-order valence-corrected chi connectivity index (χ0v) is 16.0. The van der Waals surface area contributed by atoms with Gasteiger partial charge in [0.2, 0.25) is 5.91 Å². The Balaban J connectivity index is 1.72. The standard InChI is InChI=1S/C18H28N2O4S/c1-14-13-15(9-10-19-14)18(21)20(2)11-4-12-24-16-5-7-17(8-6-16)25(3,22)23/h5-8,14-15,19H,4,9-13H2,1-3H3/t14-,15-/m0/s1. The number of nitrogens with zero attached hydrogens (tertiary/aromatic N) is 1. The highest BCUT2D eigenvalue weighted by Gasteiger charge is 2.26. The lowest BCUT2D eigenvalue weighted by molar-refractivity contribution is -0.135. The number of carbonyl (C=O) groups excluding carboxylic acids is 1. The topological polar surface area (TPSA) is 75.7 Å². The monoisotopic (exact) mass is 368 g/mol. The van der Waals surface area contributed by atoms with Crippen LogP contribution in [0.4, 0.5) is 0 Å². The predicted molar refractivity (Wildman–Crippen MR) is 97.5 cm³/mol. The molecule has 140 valence electrons. The van der Waals surface area contributed by atoms with Crippen molar-refractivity contribution in [3.05, 3.63) is 24.3 Å². The van der Waals surface area contributed by atoms with Gasteiger partial charge in [0, 0.05) is 31.8 Å². The SMILES string of the molecule is C[C@H]1C[C@@H](C(=O)N(C)CCCOc2ccc(S(C)(=O)=O)cc2)CCN1. The van der Waals surface area contributed by atoms with Crippen LogP contribution in [0.2, 0.25) is 0 Å². The molecule has 1 aliphatic heterocycles. The summed E-state index contributed by atoms with van der Waals surface area (Å²) in [7, 11) is -1.34. The first kappa shape index (κ1) is 19.7. The molecule has 0 aromatic heterocycles. The minimum atomic E-state index is -3.18. The van der Waals surface area contributed by atoms with Gasteiger partial charge in [-0.05, 0) is 57.0 Å². The third kappa shape index (κ3) is 6.01. The van der Waals surface area contributed by atoms with E-state index in [4.69, 9.17) is 4.74 Å². The number of hydrogen-bond acceptors (Lipinski definition) is 5. The van der Waals surface area contributed by atoms with Gasteiger partial charge in [-0.15, -0.1) is 0 Å². The fourth-order valence-electron chi connectivity index (χ4n) is 3.05. The average molecular weight is 368 g/mol. The van der Waals surface area contributed by atoms with E-state index >= 15 is 0 Å². The lowest BCUT2D eigenvalue weighted by Crippen LogP contribution is -2.43. The van der Waals surface area contributed by atoms with Gasteiger partial charge in [0.25, 0.3) is 0 Å². The first-order valence-electron chi connectivity index (χ1n) is 8.68. The second-order valence-corrected chi connectivity index (χ2v) is 8.80. The highest BCUT2D eigenvalue weighted by atomic mass is 32.2. The second kappa shape index (κ2) is 8.67. The molecule has 6 nitrogen and oxygen atoms in total. The quantitative estimate of drug-likeness (QED) is 0.742. The Morgan fingerprint density at radius 1 is 1.32 bits per heavy atom. The average Bonchev–Trinajstić information content (AvgIpc) is 2.57. The van der Waals surface area contributed by atoms with Gasteiger partial charge in [0.05, 0.1) is 11.5 Å². The van der Waals surface area contributed by atoms with Crippen LogP contribution in [0, 0.1) is 5.92 Å². The second-order valence-electron chi connectivity index (χ2n) is 6.78. The van der Waals surface area contributed by atoms with Crippen molar-refractivity contribution >= 4 is 15.7 Å². The number of rotatable bonds is 7. The van der Waals surface area contributed by atoms with Gasteiger partial charge < -0.3 is 15.0 Å². The van der Waals surface area contributed by atoms with E-state index in [0.717, 1.165) is 25.8 Å². The van der Waals surface area contributed by atoms with E-state index in [2.05, 4.69) is 12.2 Å². The number of amides is 1. The number of piperidine rings is 1. The molecule has 1 fully saturated rings. The maximum Gasteiger partial charge on any atom is 0.225 e. The molecule has 1 aromatic rings. The van der Waals surface area contributed by atoms with Crippen molar-refractivity contribution in [2.24, 2.45) is 5.92 Å². The smallest absolute Gasteiger partial charge is 0.225 e. The van der Waals surface area contributed by atoms with Crippen molar-refractivity contribution in [1.82, 2.24) is 10.2 Å². The van der Waals surface area contributed by atoms with E-state index in [9.17, 15) is 13.2 Å². The van der Waals surface area contributed by atoms with E-state index in [1.807, 2.05) is 7.05 Å². The van der Waals surface area contributed by atoms with Gasteiger partial charge in [0.15, 0.2) is 9.84 Å². The van der Waals surface area contributed by atoms with Crippen molar-refractivity contribution in [2.45, 2.75) is 37.1 Å². The zero-order valence-electron chi connectivity index (χ0n) is 15.2. The van der Waals surface area contributed by atoms with Gasteiger partial charge in [-0.2, -0.15) is 0 Å². The molecule has 0 spiro atoms. The van der Waals surface area contributed by atoms with Crippen LogP contribution >= 0.6 is 0 Å². The largest absolute Gasteiger partial charge is 0.494 e. The molecule has 2 atom stereocenters. The maximum absolute atomic E-state index is 12.4. The van der Waals surface area contributed by atoms with Crippen LogP contribution in [-0.4, -0.2) is 58.3 Å². The van der Waals surface area contributed by atoms with Gasteiger partial charge in [-0.25, -0.2) is 8.42 Å². The van der Waals surface area contributed by atoms with Crippen molar-refractivity contribution in [3.63, 3.8) is 0 Å². The molecule has 25 heavy (non-hydrogen) atoms. The van der Waals surface area contributed by atoms with Crippen LogP contribution in [0.25, 0.3) is 0 Å². The minimum Gasteiger partial charge on any atom is -0.494 e. The fourth-order valence-corrected chi connectivity index (χ4v) is 3.68.